The molecule has 0 N–H and O–H groups in total. The fourth-order valence-corrected chi connectivity index (χ4v) is 5.18. The Hall–Kier alpha value is -2.24. The zero-order valence-corrected chi connectivity index (χ0v) is 19.7. The van der Waals surface area contributed by atoms with Crippen LogP contribution in [0.15, 0.2) is 47.3 Å². The van der Waals surface area contributed by atoms with E-state index in [2.05, 4.69) is 58.9 Å². The number of piperazine rings is 1. The summed E-state index contributed by atoms with van der Waals surface area (Å²) in [7, 11) is 0. The van der Waals surface area contributed by atoms with Crippen molar-refractivity contribution in [1.82, 2.24) is 4.90 Å². The Bertz CT molecular complexity index is 920. The van der Waals surface area contributed by atoms with Gasteiger partial charge in [0.1, 0.15) is 0 Å². The zero-order chi connectivity index (χ0) is 22.0. The molecule has 0 saturated carbocycles. The van der Waals surface area contributed by atoms with Gasteiger partial charge in [0.2, 0.25) is 0 Å². The lowest BCUT2D eigenvalue weighted by atomic mass is 9.76. The summed E-state index contributed by atoms with van der Waals surface area (Å²) in [5, 5.41) is 0. The molecule has 2 aliphatic heterocycles. The summed E-state index contributed by atoms with van der Waals surface area (Å²) in [6, 6.07) is 9.25. The number of ether oxygens (including phenoxy) is 1. The molecule has 1 aliphatic carbocycles. The van der Waals surface area contributed by atoms with Gasteiger partial charge in [0.05, 0.1) is 25.7 Å². The van der Waals surface area contributed by atoms with Crippen molar-refractivity contribution < 1.29 is 9.15 Å². The van der Waals surface area contributed by atoms with Crippen LogP contribution in [0.5, 0.6) is 0 Å². The first kappa shape index (κ1) is 21.6. The van der Waals surface area contributed by atoms with E-state index in [4.69, 9.17) is 9.15 Å². The molecule has 5 heteroatoms. The highest BCUT2D eigenvalue weighted by Gasteiger charge is 2.26. The molecule has 0 spiro atoms. The highest BCUT2D eigenvalue weighted by molar-refractivity contribution is 5.80. The molecule has 3 heterocycles. The van der Waals surface area contributed by atoms with E-state index in [1.54, 1.807) is 6.26 Å². The monoisotopic (exact) mass is 435 g/mol. The van der Waals surface area contributed by atoms with Gasteiger partial charge in [-0.1, -0.05) is 19.9 Å². The van der Waals surface area contributed by atoms with E-state index in [0.29, 0.717) is 5.41 Å². The molecule has 0 atom stereocenters. The minimum Gasteiger partial charge on any atom is -0.472 e. The van der Waals surface area contributed by atoms with Gasteiger partial charge in [0.25, 0.3) is 0 Å². The number of anilines is 2. The lowest BCUT2D eigenvalue weighted by Crippen LogP contribution is -2.46. The number of allylic oxidation sites excluding steroid dienone is 2. The lowest BCUT2D eigenvalue weighted by molar-refractivity contribution is 0.122. The summed E-state index contributed by atoms with van der Waals surface area (Å²) in [5.74, 6) is 0. The van der Waals surface area contributed by atoms with Crippen LogP contribution in [-0.2, 0) is 11.3 Å². The predicted octanol–water partition coefficient (Wildman–Crippen LogP) is 5.03. The summed E-state index contributed by atoms with van der Waals surface area (Å²) in [5.41, 5.74) is 7.43. The van der Waals surface area contributed by atoms with Gasteiger partial charge in [0.15, 0.2) is 0 Å². The largest absolute Gasteiger partial charge is 0.472 e. The van der Waals surface area contributed by atoms with Gasteiger partial charge in [-0.2, -0.15) is 0 Å². The summed E-state index contributed by atoms with van der Waals surface area (Å²) in [6.07, 6.45) is 9.76. The molecule has 0 bridgehead atoms. The minimum absolute atomic E-state index is 0.421. The first-order chi connectivity index (χ1) is 15.6. The third-order valence-corrected chi connectivity index (χ3v) is 7.37. The van der Waals surface area contributed by atoms with Crippen molar-refractivity contribution in [2.24, 2.45) is 5.41 Å². The Morgan fingerprint density at radius 1 is 0.938 bits per heavy atom. The third kappa shape index (κ3) is 4.89. The molecule has 5 rings (SSSR count). The normalized spacial score (nSPS) is 22.1. The second-order valence-corrected chi connectivity index (χ2v) is 10.3. The highest BCUT2D eigenvalue weighted by Crippen LogP contribution is 2.42. The van der Waals surface area contributed by atoms with Crippen molar-refractivity contribution in [2.45, 2.75) is 39.7 Å². The summed E-state index contributed by atoms with van der Waals surface area (Å²) >= 11 is 0. The van der Waals surface area contributed by atoms with Crippen LogP contribution in [0.2, 0.25) is 0 Å². The number of furan rings is 1. The number of benzene rings is 1. The van der Waals surface area contributed by atoms with Crippen molar-refractivity contribution in [2.75, 3.05) is 62.3 Å². The summed E-state index contributed by atoms with van der Waals surface area (Å²) in [6.45, 7) is 13.7. The van der Waals surface area contributed by atoms with Crippen LogP contribution < -0.4 is 9.80 Å². The van der Waals surface area contributed by atoms with Crippen molar-refractivity contribution in [3.05, 3.63) is 54.0 Å². The van der Waals surface area contributed by atoms with Gasteiger partial charge in [-0.3, -0.25) is 4.90 Å². The van der Waals surface area contributed by atoms with Crippen LogP contribution in [0.4, 0.5) is 11.4 Å². The summed E-state index contributed by atoms with van der Waals surface area (Å²) < 4.78 is 10.8. The van der Waals surface area contributed by atoms with E-state index in [9.17, 15) is 0 Å². The molecule has 0 radical (unpaired) electrons. The van der Waals surface area contributed by atoms with E-state index in [-0.39, 0.29) is 0 Å². The molecule has 32 heavy (non-hydrogen) atoms. The first-order valence-corrected chi connectivity index (χ1v) is 12.2. The molecular formula is C27H37N3O2. The molecule has 3 aliphatic rings. The molecule has 0 unspecified atom stereocenters. The van der Waals surface area contributed by atoms with Gasteiger partial charge in [-0.25, -0.2) is 0 Å². The quantitative estimate of drug-likeness (QED) is 0.658. The van der Waals surface area contributed by atoms with Gasteiger partial charge >= 0.3 is 0 Å². The van der Waals surface area contributed by atoms with Crippen LogP contribution in [-0.4, -0.2) is 57.4 Å². The van der Waals surface area contributed by atoms with E-state index >= 15 is 0 Å². The standard InChI is InChI=1S/C27H37N3O2/c1-27(2)8-5-23(6-9-27)25-19-24(29-14-17-31-18-15-29)3-4-26(25)30-12-10-28(11-13-30)20-22-7-16-32-21-22/h3-5,7,16,19,21H,6,8-15,17-18,20H2,1-2H3. The van der Waals surface area contributed by atoms with Crippen LogP contribution in [0.3, 0.4) is 0 Å². The van der Waals surface area contributed by atoms with Crippen molar-refractivity contribution in [3.63, 3.8) is 0 Å². The van der Waals surface area contributed by atoms with Crippen molar-refractivity contribution in [1.29, 1.82) is 0 Å². The number of rotatable bonds is 5. The van der Waals surface area contributed by atoms with Gasteiger partial charge in [-0.05, 0) is 54.5 Å². The molecule has 0 amide bonds. The number of hydrogen-bond acceptors (Lipinski definition) is 5. The summed E-state index contributed by atoms with van der Waals surface area (Å²) in [4.78, 5) is 7.61. The molecule has 2 aromatic rings. The Balaban J connectivity index is 1.37. The molecule has 2 fully saturated rings. The maximum atomic E-state index is 5.59. The van der Waals surface area contributed by atoms with E-state index < -0.39 is 0 Å². The van der Waals surface area contributed by atoms with E-state index in [0.717, 1.165) is 59.0 Å². The van der Waals surface area contributed by atoms with Gasteiger partial charge < -0.3 is 19.0 Å². The fraction of sp³-hybridized carbons (Fsp3) is 0.556. The number of hydrogen-bond donors (Lipinski definition) is 0. The van der Waals surface area contributed by atoms with Gasteiger partial charge in [0, 0.05) is 68.3 Å². The Kier molecular flexibility index (Phi) is 6.29. The molecule has 5 nitrogen and oxygen atoms in total. The van der Waals surface area contributed by atoms with Crippen LogP contribution >= 0.6 is 0 Å². The van der Waals surface area contributed by atoms with Crippen molar-refractivity contribution in [3.8, 4) is 0 Å². The lowest BCUT2D eigenvalue weighted by Gasteiger charge is -2.38. The molecule has 2 saturated heterocycles. The van der Waals surface area contributed by atoms with E-state index in [1.165, 1.54) is 47.3 Å². The number of morpholine rings is 1. The highest BCUT2D eigenvalue weighted by atomic mass is 16.5. The van der Waals surface area contributed by atoms with Gasteiger partial charge in [-0.15, -0.1) is 0 Å². The zero-order valence-electron chi connectivity index (χ0n) is 19.7. The average molecular weight is 436 g/mol. The Labute approximate surface area is 192 Å². The Morgan fingerprint density at radius 3 is 2.44 bits per heavy atom. The topological polar surface area (TPSA) is 32.1 Å². The van der Waals surface area contributed by atoms with Crippen LogP contribution in [0.25, 0.3) is 5.57 Å². The average Bonchev–Trinajstić information content (AvgIpc) is 3.33. The molecular weight excluding hydrogens is 398 g/mol. The van der Waals surface area contributed by atoms with Crippen LogP contribution in [0.1, 0.15) is 44.2 Å². The van der Waals surface area contributed by atoms with Crippen LogP contribution in [0, 0.1) is 5.41 Å². The predicted molar refractivity (Wildman–Crippen MR) is 131 cm³/mol. The van der Waals surface area contributed by atoms with E-state index in [1.807, 2.05) is 6.26 Å². The maximum Gasteiger partial charge on any atom is 0.0947 e. The Morgan fingerprint density at radius 2 is 1.75 bits per heavy atom. The number of nitrogens with zero attached hydrogens (tertiary/aromatic N) is 3. The minimum atomic E-state index is 0.421. The van der Waals surface area contributed by atoms with Crippen molar-refractivity contribution >= 4 is 16.9 Å². The third-order valence-electron chi connectivity index (χ3n) is 7.37. The SMILES string of the molecule is CC1(C)CC=C(c2cc(N3CCOCC3)ccc2N2CCN(Cc3ccoc3)CC2)CC1. The second kappa shape index (κ2) is 9.32. The second-order valence-electron chi connectivity index (χ2n) is 10.3. The molecule has 1 aromatic heterocycles. The fourth-order valence-electron chi connectivity index (χ4n) is 5.18. The first-order valence-electron chi connectivity index (χ1n) is 12.2. The smallest absolute Gasteiger partial charge is 0.0947 e. The molecule has 172 valence electrons. The maximum absolute atomic E-state index is 5.59. The molecule has 1 aromatic carbocycles.